The SMILES string of the molecule is CCCN(CCC)c1ccc([C@@H]2C[C@H](CC(=O)O)CC[C@H]2N(CC2CCCCC2)CC2CCCCC2)cc1. The number of hydrogen-bond donors (Lipinski definition) is 1. The third kappa shape index (κ3) is 8.47. The Bertz CT molecular complexity index is 786. The monoisotopic (exact) mass is 524 g/mol. The van der Waals surface area contributed by atoms with Gasteiger partial charge >= 0.3 is 5.97 Å². The van der Waals surface area contributed by atoms with Crippen LogP contribution in [0.25, 0.3) is 0 Å². The van der Waals surface area contributed by atoms with E-state index in [-0.39, 0.29) is 0 Å². The lowest BCUT2D eigenvalue weighted by molar-refractivity contribution is -0.138. The Labute approximate surface area is 233 Å². The van der Waals surface area contributed by atoms with Crippen LogP contribution in [0, 0.1) is 17.8 Å². The van der Waals surface area contributed by atoms with Crippen LogP contribution in [0.15, 0.2) is 24.3 Å². The number of aliphatic carboxylic acids is 1. The molecule has 0 unspecified atom stereocenters. The number of hydrogen-bond acceptors (Lipinski definition) is 3. The molecule has 0 heterocycles. The van der Waals surface area contributed by atoms with Crippen LogP contribution >= 0.6 is 0 Å². The molecule has 38 heavy (non-hydrogen) atoms. The van der Waals surface area contributed by atoms with Gasteiger partial charge in [-0.15, -0.1) is 0 Å². The molecule has 0 amide bonds. The van der Waals surface area contributed by atoms with E-state index in [1.54, 1.807) is 0 Å². The standard InChI is InChI=1S/C34H56N2O2/c1-3-21-35(22-4-2)31-18-16-30(17-19-31)32-23-29(24-34(37)38)15-20-33(32)36(25-27-11-7-5-8-12-27)26-28-13-9-6-10-14-28/h16-19,27-29,32-33H,3-15,20-26H2,1-2H3,(H,37,38)/t29-,32+,33-/m1/s1. The molecule has 3 saturated carbocycles. The molecule has 1 aromatic carbocycles. The molecule has 1 N–H and O–H groups in total. The molecule has 0 aromatic heterocycles. The van der Waals surface area contributed by atoms with Gasteiger partial charge in [0.25, 0.3) is 0 Å². The number of carbonyl (C=O) groups is 1. The summed E-state index contributed by atoms with van der Waals surface area (Å²) in [6.45, 7) is 9.27. The fourth-order valence-electron chi connectivity index (χ4n) is 8.06. The van der Waals surface area contributed by atoms with Gasteiger partial charge in [-0.1, -0.05) is 64.5 Å². The van der Waals surface area contributed by atoms with Gasteiger partial charge in [-0.2, -0.15) is 0 Å². The zero-order chi connectivity index (χ0) is 26.7. The van der Waals surface area contributed by atoms with E-state index in [1.807, 2.05) is 0 Å². The summed E-state index contributed by atoms with van der Waals surface area (Å²) < 4.78 is 0. The maximum atomic E-state index is 11.7. The Kier molecular flexibility index (Phi) is 11.8. The molecule has 4 heteroatoms. The second-order valence-electron chi connectivity index (χ2n) is 13.0. The summed E-state index contributed by atoms with van der Waals surface area (Å²) in [5.41, 5.74) is 2.78. The van der Waals surface area contributed by atoms with E-state index in [9.17, 15) is 9.90 Å². The van der Waals surface area contributed by atoms with Crippen LogP contribution in [0.3, 0.4) is 0 Å². The Morgan fingerprint density at radius 2 is 1.32 bits per heavy atom. The maximum absolute atomic E-state index is 11.7. The zero-order valence-electron chi connectivity index (χ0n) is 24.6. The summed E-state index contributed by atoms with van der Waals surface area (Å²) in [6.07, 6.45) is 20.0. The zero-order valence-corrected chi connectivity index (χ0v) is 24.6. The topological polar surface area (TPSA) is 43.8 Å². The van der Waals surface area contributed by atoms with Crippen molar-refractivity contribution < 1.29 is 9.90 Å². The van der Waals surface area contributed by atoms with E-state index in [0.29, 0.717) is 24.3 Å². The molecule has 4 nitrogen and oxygen atoms in total. The van der Waals surface area contributed by atoms with Crippen molar-refractivity contribution in [1.82, 2.24) is 4.90 Å². The Hall–Kier alpha value is -1.55. The van der Waals surface area contributed by atoms with Gasteiger partial charge in [0.15, 0.2) is 0 Å². The van der Waals surface area contributed by atoms with Crippen LogP contribution < -0.4 is 4.90 Å². The minimum absolute atomic E-state index is 0.302. The fourth-order valence-corrected chi connectivity index (χ4v) is 8.06. The van der Waals surface area contributed by atoms with E-state index in [0.717, 1.165) is 44.2 Å². The number of carboxylic acids is 1. The molecular formula is C34H56N2O2. The first-order valence-corrected chi connectivity index (χ1v) is 16.4. The Morgan fingerprint density at radius 1 is 0.763 bits per heavy atom. The molecule has 3 aliphatic rings. The van der Waals surface area contributed by atoms with Gasteiger partial charge in [0.05, 0.1) is 0 Å². The van der Waals surface area contributed by atoms with Crippen LogP contribution in [-0.2, 0) is 4.79 Å². The molecular weight excluding hydrogens is 468 g/mol. The van der Waals surface area contributed by atoms with Crippen molar-refractivity contribution >= 4 is 11.7 Å². The van der Waals surface area contributed by atoms with E-state index in [4.69, 9.17) is 0 Å². The molecule has 3 aliphatic carbocycles. The number of rotatable bonds is 13. The smallest absolute Gasteiger partial charge is 0.303 e. The third-order valence-corrected chi connectivity index (χ3v) is 9.96. The lowest BCUT2D eigenvalue weighted by Crippen LogP contribution is -2.47. The van der Waals surface area contributed by atoms with Crippen molar-refractivity contribution in [3.05, 3.63) is 29.8 Å². The van der Waals surface area contributed by atoms with Crippen molar-refractivity contribution in [1.29, 1.82) is 0 Å². The molecule has 1 aromatic rings. The lowest BCUT2D eigenvalue weighted by Gasteiger charge is -2.46. The summed E-state index contributed by atoms with van der Waals surface area (Å²) >= 11 is 0. The fraction of sp³-hybridized carbons (Fsp3) is 0.794. The molecule has 3 fully saturated rings. The van der Waals surface area contributed by atoms with Gasteiger partial charge in [-0.25, -0.2) is 0 Å². The minimum atomic E-state index is -0.626. The largest absolute Gasteiger partial charge is 0.481 e. The maximum Gasteiger partial charge on any atom is 0.303 e. The predicted molar refractivity (Wildman–Crippen MR) is 160 cm³/mol. The lowest BCUT2D eigenvalue weighted by atomic mass is 9.72. The summed E-state index contributed by atoms with van der Waals surface area (Å²) in [7, 11) is 0. The number of nitrogens with zero attached hydrogens (tertiary/aromatic N) is 2. The Morgan fingerprint density at radius 3 is 1.82 bits per heavy atom. The van der Waals surface area contributed by atoms with Crippen LogP contribution in [0.2, 0.25) is 0 Å². The van der Waals surface area contributed by atoms with E-state index in [1.165, 1.54) is 101 Å². The molecule has 0 spiro atoms. The summed E-state index contributed by atoms with van der Waals surface area (Å²) in [5, 5.41) is 9.61. The highest BCUT2D eigenvalue weighted by molar-refractivity contribution is 5.67. The highest BCUT2D eigenvalue weighted by atomic mass is 16.4. The van der Waals surface area contributed by atoms with Crippen LogP contribution in [0.4, 0.5) is 5.69 Å². The number of anilines is 1. The van der Waals surface area contributed by atoms with Crippen LogP contribution in [0.5, 0.6) is 0 Å². The highest BCUT2D eigenvalue weighted by Crippen LogP contribution is 2.42. The summed E-state index contributed by atoms with van der Waals surface area (Å²) in [6, 6.07) is 10.1. The first kappa shape index (κ1) is 29.4. The molecule has 0 saturated heterocycles. The second kappa shape index (κ2) is 15.3. The van der Waals surface area contributed by atoms with Gasteiger partial charge in [0, 0.05) is 44.3 Å². The molecule has 3 atom stereocenters. The highest BCUT2D eigenvalue weighted by Gasteiger charge is 2.37. The number of carboxylic acid groups (broad SMARTS) is 1. The van der Waals surface area contributed by atoms with Gasteiger partial charge in [-0.3, -0.25) is 9.69 Å². The molecule has 214 valence electrons. The van der Waals surface area contributed by atoms with Crippen molar-refractivity contribution in [3.8, 4) is 0 Å². The molecule has 4 rings (SSSR count). The average Bonchev–Trinajstić information content (AvgIpc) is 2.93. The van der Waals surface area contributed by atoms with Crippen LogP contribution in [-0.4, -0.2) is 48.2 Å². The van der Waals surface area contributed by atoms with Gasteiger partial charge in [-0.05, 0) is 99.2 Å². The normalized spacial score (nSPS) is 25.5. The van der Waals surface area contributed by atoms with Crippen molar-refractivity contribution in [2.75, 3.05) is 31.1 Å². The summed E-state index contributed by atoms with van der Waals surface area (Å²) in [5.74, 6) is 1.82. The van der Waals surface area contributed by atoms with Crippen LogP contribution in [0.1, 0.15) is 128 Å². The first-order chi connectivity index (χ1) is 18.6. The third-order valence-electron chi connectivity index (χ3n) is 9.96. The van der Waals surface area contributed by atoms with Crippen molar-refractivity contribution in [2.24, 2.45) is 17.8 Å². The minimum Gasteiger partial charge on any atom is -0.481 e. The predicted octanol–water partition coefficient (Wildman–Crippen LogP) is 8.50. The van der Waals surface area contributed by atoms with Gasteiger partial charge in [0.2, 0.25) is 0 Å². The quantitative estimate of drug-likeness (QED) is 0.281. The second-order valence-corrected chi connectivity index (χ2v) is 13.0. The van der Waals surface area contributed by atoms with E-state index >= 15 is 0 Å². The molecule has 0 aliphatic heterocycles. The van der Waals surface area contributed by atoms with Gasteiger partial charge < -0.3 is 10.0 Å². The average molecular weight is 525 g/mol. The summed E-state index contributed by atoms with van der Waals surface area (Å²) in [4.78, 5) is 17.1. The molecule has 0 radical (unpaired) electrons. The first-order valence-electron chi connectivity index (χ1n) is 16.4. The van der Waals surface area contributed by atoms with Crippen molar-refractivity contribution in [3.63, 3.8) is 0 Å². The van der Waals surface area contributed by atoms with Gasteiger partial charge in [0.1, 0.15) is 0 Å². The Balaban J connectivity index is 1.57. The molecule has 0 bridgehead atoms. The van der Waals surface area contributed by atoms with E-state index < -0.39 is 5.97 Å². The van der Waals surface area contributed by atoms with Crippen molar-refractivity contribution in [2.45, 2.75) is 129 Å². The number of benzene rings is 1. The van der Waals surface area contributed by atoms with E-state index in [2.05, 4.69) is 47.9 Å².